The van der Waals surface area contributed by atoms with Crippen LogP contribution in [0.2, 0.25) is 0 Å². The standard InChI is InChI=1S/C14H24N4O/c1-5-12-10-17(8-9-18(12)11(2)3)13-14(19-4)16-7-6-15-13/h6-7,11-12H,5,8-10H2,1-4H3. The maximum Gasteiger partial charge on any atom is 0.257 e. The molecule has 0 aliphatic carbocycles. The molecule has 0 N–H and O–H groups in total. The predicted molar refractivity (Wildman–Crippen MR) is 76.7 cm³/mol. The van der Waals surface area contributed by atoms with Crippen LogP contribution in [0.1, 0.15) is 27.2 Å². The lowest BCUT2D eigenvalue weighted by Gasteiger charge is -2.43. The first kappa shape index (κ1) is 14.1. The fourth-order valence-electron chi connectivity index (χ4n) is 2.78. The Morgan fingerprint density at radius 3 is 2.68 bits per heavy atom. The molecule has 1 aliphatic rings. The third kappa shape index (κ3) is 2.97. The van der Waals surface area contributed by atoms with Gasteiger partial charge in [-0.15, -0.1) is 0 Å². The van der Waals surface area contributed by atoms with E-state index in [0.717, 1.165) is 31.9 Å². The van der Waals surface area contributed by atoms with E-state index in [1.54, 1.807) is 19.5 Å². The van der Waals surface area contributed by atoms with Crippen molar-refractivity contribution in [2.45, 2.75) is 39.3 Å². The summed E-state index contributed by atoms with van der Waals surface area (Å²) in [4.78, 5) is 13.5. The van der Waals surface area contributed by atoms with Gasteiger partial charge < -0.3 is 9.64 Å². The molecule has 0 aromatic carbocycles. The highest BCUT2D eigenvalue weighted by Gasteiger charge is 2.29. The Bertz CT molecular complexity index is 410. The highest BCUT2D eigenvalue weighted by molar-refractivity contribution is 5.48. The minimum absolute atomic E-state index is 0.570. The number of hydrogen-bond donors (Lipinski definition) is 0. The second-order valence-electron chi connectivity index (χ2n) is 5.23. The van der Waals surface area contributed by atoms with Gasteiger partial charge in [0, 0.05) is 44.1 Å². The molecule has 2 rings (SSSR count). The second-order valence-corrected chi connectivity index (χ2v) is 5.23. The van der Waals surface area contributed by atoms with Gasteiger partial charge in [-0.25, -0.2) is 9.97 Å². The summed E-state index contributed by atoms with van der Waals surface area (Å²) in [6.45, 7) is 9.81. The first-order valence-electron chi connectivity index (χ1n) is 7.03. The van der Waals surface area contributed by atoms with Crippen LogP contribution >= 0.6 is 0 Å². The third-order valence-corrected chi connectivity index (χ3v) is 3.80. The molecular formula is C14H24N4O. The van der Waals surface area contributed by atoms with Gasteiger partial charge in [-0.05, 0) is 20.3 Å². The number of piperazine rings is 1. The van der Waals surface area contributed by atoms with Gasteiger partial charge in [0.1, 0.15) is 0 Å². The van der Waals surface area contributed by atoms with Crippen molar-refractivity contribution in [3.8, 4) is 5.88 Å². The Morgan fingerprint density at radius 2 is 2.05 bits per heavy atom. The SMILES string of the molecule is CCC1CN(c2nccnc2OC)CCN1C(C)C. The Balaban J connectivity index is 2.15. The van der Waals surface area contributed by atoms with E-state index in [9.17, 15) is 0 Å². The van der Waals surface area contributed by atoms with E-state index >= 15 is 0 Å². The maximum atomic E-state index is 5.31. The van der Waals surface area contributed by atoms with Crippen LogP contribution in [0.25, 0.3) is 0 Å². The maximum absolute atomic E-state index is 5.31. The average Bonchev–Trinajstić information content (AvgIpc) is 2.46. The summed E-state index contributed by atoms with van der Waals surface area (Å²) in [5.41, 5.74) is 0. The molecule has 1 saturated heterocycles. The van der Waals surface area contributed by atoms with Gasteiger partial charge in [0.2, 0.25) is 0 Å². The van der Waals surface area contributed by atoms with Crippen LogP contribution in [0, 0.1) is 0 Å². The van der Waals surface area contributed by atoms with Crippen molar-refractivity contribution in [2.75, 3.05) is 31.6 Å². The molecule has 0 amide bonds. The Labute approximate surface area is 115 Å². The van der Waals surface area contributed by atoms with Crippen LogP contribution in [0.4, 0.5) is 5.82 Å². The highest BCUT2D eigenvalue weighted by Crippen LogP contribution is 2.26. The number of aromatic nitrogens is 2. The number of methoxy groups -OCH3 is 1. The molecule has 5 nitrogen and oxygen atoms in total. The summed E-state index contributed by atoms with van der Waals surface area (Å²) in [6, 6.07) is 1.16. The quantitative estimate of drug-likeness (QED) is 0.829. The number of anilines is 1. The first-order valence-corrected chi connectivity index (χ1v) is 7.03. The number of hydrogen-bond acceptors (Lipinski definition) is 5. The first-order chi connectivity index (χ1) is 9.17. The summed E-state index contributed by atoms with van der Waals surface area (Å²) in [5, 5.41) is 0. The van der Waals surface area contributed by atoms with Gasteiger partial charge in [-0.1, -0.05) is 6.92 Å². The number of rotatable bonds is 4. The van der Waals surface area contributed by atoms with Crippen LogP contribution in [-0.2, 0) is 0 Å². The minimum Gasteiger partial charge on any atom is -0.478 e. The molecule has 0 saturated carbocycles. The van der Waals surface area contributed by atoms with Gasteiger partial charge in [-0.2, -0.15) is 0 Å². The molecule has 1 aliphatic heterocycles. The fraction of sp³-hybridized carbons (Fsp3) is 0.714. The van der Waals surface area contributed by atoms with E-state index in [1.807, 2.05) is 0 Å². The van der Waals surface area contributed by atoms with Crippen molar-refractivity contribution in [2.24, 2.45) is 0 Å². The van der Waals surface area contributed by atoms with Gasteiger partial charge in [0.05, 0.1) is 7.11 Å². The number of nitrogens with zero attached hydrogens (tertiary/aromatic N) is 4. The van der Waals surface area contributed by atoms with Crippen LogP contribution in [0.3, 0.4) is 0 Å². The lowest BCUT2D eigenvalue weighted by atomic mass is 10.1. The molecule has 1 aromatic heterocycles. The van der Waals surface area contributed by atoms with E-state index in [0.29, 0.717) is 18.0 Å². The van der Waals surface area contributed by atoms with Gasteiger partial charge in [0.15, 0.2) is 5.82 Å². The van der Waals surface area contributed by atoms with E-state index in [-0.39, 0.29) is 0 Å². The van der Waals surface area contributed by atoms with Crippen LogP contribution in [-0.4, -0.2) is 53.7 Å². The van der Waals surface area contributed by atoms with Crippen molar-refractivity contribution in [1.29, 1.82) is 0 Å². The van der Waals surface area contributed by atoms with Crippen molar-refractivity contribution >= 4 is 5.82 Å². The zero-order valence-corrected chi connectivity index (χ0v) is 12.3. The number of ether oxygens (including phenoxy) is 1. The second kappa shape index (κ2) is 6.19. The molecule has 0 spiro atoms. The van der Waals surface area contributed by atoms with Crippen LogP contribution < -0.4 is 9.64 Å². The Hall–Kier alpha value is -1.36. The molecule has 1 aromatic rings. The van der Waals surface area contributed by atoms with Gasteiger partial charge in [0.25, 0.3) is 5.88 Å². The van der Waals surface area contributed by atoms with Crippen LogP contribution in [0.15, 0.2) is 12.4 Å². The largest absolute Gasteiger partial charge is 0.478 e. The van der Waals surface area contributed by atoms with Crippen molar-refractivity contribution in [3.63, 3.8) is 0 Å². The van der Waals surface area contributed by atoms with E-state index in [2.05, 4.69) is 40.5 Å². The fourth-order valence-corrected chi connectivity index (χ4v) is 2.78. The zero-order chi connectivity index (χ0) is 13.8. The summed E-state index contributed by atoms with van der Waals surface area (Å²) >= 11 is 0. The molecule has 1 unspecified atom stereocenters. The summed E-state index contributed by atoms with van der Waals surface area (Å²) in [6.07, 6.45) is 4.55. The van der Waals surface area contributed by atoms with Crippen molar-refractivity contribution < 1.29 is 4.74 Å². The van der Waals surface area contributed by atoms with E-state index in [1.165, 1.54) is 0 Å². The summed E-state index contributed by atoms with van der Waals surface area (Å²) < 4.78 is 5.31. The van der Waals surface area contributed by atoms with E-state index in [4.69, 9.17) is 4.74 Å². The summed E-state index contributed by atoms with van der Waals surface area (Å²) in [7, 11) is 1.65. The zero-order valence-electron chi connectivity index (χ0n) is 12.3. The third-order valence-electron chi connectivity index (χ3n) is 3.80. The normalized spacial score (nSPS) is 20.9. The Morgan fingerprint density at radius 1 is 1.32 bits per heavy atom. The molecule has 1 atom stereocenters. The lowest BCUT2D eigenvalue weighted by Crippen LogP contribution is -2.55. The molecule has 19 heavy (non-hydrogen) atoms. The molecule has 106 valence electrons. The topological polar surface area (TPSA) is 41.5 Å². The monoisotopic (exact) mass is 264 g/mol. The predicted octanol–water partition coefficient (Wildman–Crippen LogP) is 1.79. The van der Waals surface area contributed by atoms with Gasteiger partial charge >= 0.3 is 0 Å². The van der Waals surface area contributed by atoms with Crippen molar-refractivity contribution in [1.82, 2.24) is 14.9 Å². The van der Waals surface area contributed by atoms with Gasteiger partial charge in [-0.3, -0.25) is 4.90 Å². The minimum atomic E-state index is 0.570. The lowest BCUT2D eigenvalue weighted by molar-refractivity contribution is 0.132. The van der Waals surface area contributed by atoms with E-state index < -0.39 is 0 Å². The molecule has 0 bridgehead atoms. The smallest absolute Gasteiger partial charge is 0.257 e. The molecule has 1 fully saturated rings. The Kier molecular flexibility index (Phi) is 4.58. The highest BCUT2D eigenvalue weighted by atomic mass is 16.5. The average molecular weight is 264 g/mol. The summed E-state index contributed by atoms with van der Waals surface area (Å²) in [5.74, 6) is 1.49. The van der Waals surface area contributed by atoms with Crippen LogP contribution in [0.5, 0.6) is 5.88 Å². The molecule has 0 radical (unpaired) electrons. The van der Waals surface area contributed by atoms with Crippen molar-refractivity contribution in [3.05, 3.63) is 12.4 Å². The molecule has 2 heterocycles. The molecular weight excluding hydrogens is 240 g/mol. The molecule has 5 heteroatoms.